The number of aromatic nitrogens is 2. The van der Waals surface area contributed by atoms with Crippen LogP contribution in [0.3, 0.4) is 0 Å². The molecule has 118 valence electrons. The Bertz CT molecular complexity index is 825. The fraction of sp³-hybridized carbons (Fsp3) is 0.176. The van der Waals surface area contributed by atoms with E-state index in [0.29, 0.717) is 17.9 Å². The number of carbonyl (C=O) groups is 1. The molecule has 0 saturated carbocycles. The maximum Gasteiger partial charge on any atom is 0.274 e. The predicted molar refractivity (Wildman–Crippen MR) is 85.2 cm³/mol. The normalized spacial score (nSPS) is 10.7. The molecule has 1 aromatic carbocycles. The highest BCUT2D eigenvalue weighted by Crippen LogP contribution is 2.15. The highest BCUT2D eigenvalue weighted by molar-refractivity contribution is 5.93. The first-order chi connectivity index (χ1) is 11.2. The molecule has 23 heavy (non-hydrogen) atoms. The molecule has 0 aliphatic carbocycles. The Morgan fingerprint density at radius 2 is 1.96 bits per heavy atom. The van der Waals surface area contributed by atoms with Crippen molar-refractivity contribution in [1.29, 1.82) is 0 Å². The SMILES string of the molecule is CONC(=O)c1ccc(OCc2cn3cc(C)ccc3n2)cc1. The van der Waals surface area contributed by atoms with Crippen molar-refractivity contribution in [3.8, 4) is 5.75 Å². The number of carbonyl (C=O) groups excluding carboxylic acids is 1. The van der Waals surface area contributed by atoms with E-state index in [-0.39, 0.29) is 5.91 Å². The van der Waals surface area contributed by atoms with E-state index in [2.05, 4.69) is 15.3 Å². The van der Waals surface area contributed by atoms with Gasteiger partial charge < -0.3 is 9.14 Å². The van der Waals surface area contributed by atoms with Crippen LogP contribution in [0.2, 0.25) is 0 Å². The summed E-state index contributed by atoms with van der Waals surface area (Å²) in [4.78, 5) is 20.7. The van der Waals surface area contributed by atoms with Gasteiger partial charge in [-0.3, -0.25) is 9.63 Å². The fourth-order valence-electron chi connectivity index (χ4n) is 2.24. The van der Waals surface area contributed by atoms with Gasteiger partial charge in [0.15, 0.2) is 0 Å². The van der Waals surface area contributed by atoms with Gasteiger partial charge in [-0.05, 0) is 42.8 Å². The number of rotatable bonds is 5. The van der Waals surface area contributed by atoms with Crippen molar-refractivity contribution in [2.24, 2.45) is 0 Å². The summed E-state index contributed by atoms with van der Waals surface area (Å²) in [5, 5.41) is 0. The number of nitrogens with one attached hydrogen (secondary N) is 1. The molecule has 2 aromatic heterocycles. The molecule has 1 amide bonds. The lowest BCUT2D eigenvalue weighted by atomic mass is 10.2. The van der Waals surface area contributed by atoms with E-state index in [9.17, 15) is 4.79 Å². The molecule has 0 fully saturated rings. The second-order valence-electron chi connectivity index (χ2n) is 5.15. The number of imidazole rings is 1. The monoisotopic (exact) mass is 311 g/mol. The number of aryl methyl sites for hydroxylation is 1. The zero-order chi connectivity index (χ0) is 16.2. The molecule has 1 N–H and O–H groups in total. The quantitative estimate of drug-likeness (QED) is 0.735. The molecule has 0 bridgehead atoms. The van der Waals surface area contributed by atoms with Gasteiger partial charge in [-0.2, -0.15) is 0 Å². The third-order valence-electron chi connectivity index (χ3n) is 3.35. The van der Waals surface area contributed by atoms with Crippen LogP contribution < -0.4 is 10.2 Å². The van der Waals surface area contributed by atoms with Crippen molar-refractivity contribution >= 4 is 11.6 Å². The van der Waals surface area contributed by atoms with E-state index in [0.717, 1.165) is 11.3 Å². The molecule has 0 atom stereocenters. The van der Waals surface area contributed by atoms with E-state index in [1.54, 1.807) is 24.3 Å². The van der Waals surface area contributed by atoms with E-state index >= 15 is 0 Å². The number of nitrogens with zero attached hydrogens (tertiary/aromatic N) is 2. The van der Waals surface area contributed by atoms with Gasteiger partial charge in [-0.15, -0.1) is 0 Å². The average molecular weight is 311 g/mol. The van der Waals surface area contributed by atoms with Crippen molar-refractivity contribution in [1.82, 2.24) is 14.9 Å². The predicted octanol–water partition coefficient (Wildman–Crippen LogP) is 2.51. The highest BCUT2D eigenvalue weighted by atomic mass is 16.6. The number of benzene rings is 1. The Morgan fingerprint density at radius 1 is 1.17 bits per heavy atom. The summed E-state index contributed by atoms with van der Waals surface area (Å²) in [5.41, 5.74) is 5.68. The van der Waals surface area contributed by atoms with Gasteiger partial charge in [-0.25, -0.2) is 10.5 Å². The van der Waals surface area contributed by atoms with Crippen LogP contribution in [-0.4, -0.2) is 22.4 Å². The maximum absolute atomic E-state index is 11.6. The summed E-state index contributed by atoms with van der Waals surface area (Å²) in [6, 6.07) is 10.8. The van der Waals surface area contributed by atoms with Crippen molar-refractivity contribution in [2.45, 2.75) is 13.5 Å². The molecule has 3 rings (SSSR count). The number of amides is 1. The Kier molecular flexibility index (Phi) is 4.25. The molecule has 0 unspecified atom stereocenters. The molecule has 2 heterocycles. The number of hydrogen-bond acceptors (Lipinski definition) is 4. The number of fused-ring (bicyclic) bond motifs is 1. The van der Waals surface area contributed by atoms with Gasteiger partial charge in [0.05, 0.1) is 12.8 Å². The van der Waals surface area contributed by atoms with Crippen LogP contribution in [-0.2, 0) is 11.4 Å². The molecule has 0 aliphatic rings. The van der Waals surface area contributed by atoms with Crippen LogP contribution >= 0.6 is 0 Å². The Morgan fingerprint density at radius 3 is 2.70 bits per heavy atom. The van der Waals surface area contributed by atoms with Gasteiger partial charge in [0.1, 0.15) is 18.0 Å². The molecule has 6 heteroatoms. The summed E-state index contributed by atoms with van der Waals surface area (Å²) >= 11 is 0. The minimum Gasteiger partial charge on any atom is -0.487 e. The van der Waals surface area contributed by atoms with Crippen LogP contribution in [0.4, 0.5) is 0 Å². The van der Waals surface area contributed by atoms with Crippen LogP contribution in [0, 0.1) is 6.92 Å². The van der Waals surface area contributed by atoms with Gasteiger partial charge in [0.25, 0.3) is 5.91 Å². The minimum atomic E-state index is -0.297. The molecule has 0 saturated heterocycles. The highest BCUT2D eigenvalue weighted by Gasteiger charge is 2.06. The van der Waals surface area contributed by atoms with Gasteiger partial charge in [0.2, 0.25) is 0 Å². The molecular formula is C17H17N3O3. The van der Waals surface area contributed by atoms with Crippen LogP contribution in [0.25, 0.3) is 5.65 Å². The van der Waals surface area contributed by atoms with Crippen molar-refractivity contribution in [3.05, 3.63) is 65.6 Å². The van der Waals surface area contributed by atoms with Crippen LogP contribution in [0.15, 0.2) is 48.8 Å². The zero-order valence-electron chi connectivity index (χ0n) is 12.9. The largest absolute Gasteiger partial charge is 0.487 e. The lowest BCUT2D eigenvalue weighted by Gasteiger charge is -2.05. The third-order valence-corrected chi connectivity index (χ3v) is 3.35. The third kappa shape index (κ3) is 3.49. The first kappa shape index (κ1) is 15.1. The van der Waals surface area contributed by atoms with Crippen LogP contribution in [0.5, 0.6) is 5.75 Å². The molecule has 0 radical (unpaired) electrons. The summed E-state index contributed by atoms with van der Waals surface area (Å²) in [6.45, 7) is 2.40. The molecule has 0 spiro atoms. The Hall–Kier alpha value is -2.86. The molecular weight excluding hydrogens is 294 g/mol. The van der Waals surface area contributed by atoms with Gasteiger partial charge in [-0.1, -0.05) is 6.07 Å². The Balaban J connectivity index is 1.66. The lowest BCUT2D eigenvalue weighted by Crippen LogP contribution is -2.21. The summed E-state index contributed by atoms with van der Waals surface area (Å²) in [6.07, 6.45) is 3.97. The van der Waals surface area contributed by atoms with Crippen molar-refractivity contribution < 1.29 is 14.4 Å². The van der Waals surface area contributed by atoms with E-state index in [1.807, 2.05) is 35.9 Å². The number of ether oxygens (including phenoxy) is 1. The summed E-state index contributed by atoms with van der Waals surface area (Å²) < 4.78 is 7.69. The Labute approximate surface area is 133 Å². The molecule has 6 nitrogen and oxygen atoms in total. The van der Waals surface area contributed by atoms with Gasteiger partial charge in [0, 0.05) is 18.0 Å². The van der Waals surface area contributed by atoms with E-state index < -0.39 is 0 Å². The minimum absolute atomic E-state index is 0.297. The zero-order valence-corrected chi connectivity index (χ0v) is 12.9. The smallest absolute Gasteiger partial charge is 0.274 e. The summed E-state index contributed by atoms with van der Waals surface area (Å²) in [5.74, 6) is 0.377. The number of hydroxylamine groups is 1. The standard InChI is InChI=1S/C17H17N3O3/c1-12-3-8-16-18-14(10-20(16)9-12)11-23-15-6-4-13(5-7-15)17(21)19-22-2/h3-10H,11H2,1-2H3,(H,19,21). The molecule has 0 aliphatic heterocycles. The first-order valence-electron chi connectivity index (χ1n) is 7.16. The van der Waals surface area contributed by atoms with Crippen LogP contribution in [0.1, 0.15) is 21.6 Å². The second-order valence-corrected chi connectivity index (χ2v) is 5.15. The first-order valence-corrected chi connectivity index (χ1v) is 7.16. The topological polar surface area (TPSA) is 64.9 Å². The van der Waals surface area contributed by atoms with Crippen molar-refractivity contribution in [2.75, 3.05) is 7.11 Å². The fourth-order valence-corrected chi connectivity index (χ4v) is 2.24. The number of pyridine rings is 1. The number of hydrogen-bond donors (Lipinski definition) is 1. The lowest BCUT2D eigenvalue weighted by molar-refractivity contribution is 0.0537. The van der Waals surface area contributed by atoms with E-state index in [1.165, 1.54) is 12.7 Å². The van der Waals surface area contributed by atoms with Gasteiger partial charge >= 0.3 is 0 Å². The maximum atomic E-state index is 11.6. The average Bonchev–Trinajstić information content (AvgIpc) is 2.95. The summed E-state index contributed by atoms with van der Waals surface area (Å²) in [7, 11) is 1.39. The van der Waals surface area contributed by atoms with Crippen molar-refractivity contribution in [3.63, 3.8) is 0 Å². The second kappa shape index (κ2) is 6.50. The van der Waals surface area contributed by atoms with E-state index in [4.69, 9.17) is 4.74 Å². The molecule has 3 aromatic rings.